The van der Waals surface area contributed by atoms with Crippen molar-refractivity contribution in [2.75, 3.05) is 0 Å². The molecule has 20 heavy (non-hydrogen) atoms. The Kier molecular flexibility index (Phi) is 3.28. The number of rotatable bonds is 2. The van der Waals surface area contributed by atoms with E-state index in [0.717, 1.165) is 20.9 Å². The summed E-state index contributed by atoms with van der Waals surface area (Å²) < 4.78 is 0.969. The van der Waals surface area contributed by atoms with E-state index in [1.807, 2.05) is 48.5 Å². The first-order valence-electron chi connectivity index (χ1n) is 6.28. The smallest absolute Gasteiger partial charge is 0.165 e. The van der Waals surface area contributed by atoms with Gasteiger partial charge in [-0.3, -0.25) is 0 Å². The van der Waals surface area contributed by atoms with Crippen LogP contribution in [0.3, 0.4) is 0 Å². The van der Waals surface area contributed by atoms with Crippen molar-refractivity contribution in [1.82, 2.24) is 9.97 Å². The Bertz CT molecular complexity index is 754. The lowest BCUT2D eigenvalue weighted by Crippen LogP contribution is -2.25. The molecule has 0 saturated heterocycles. The summed E-state index contributed by atoms with van der Waals surface area (Å²) in [7, 11) is 0. The lowest BCUT2D eigenvalue weighted by atomic mass is 9.95. The number of fused-ring (bicyclic) bond motifs is 1. The zero-order valence-electron chi connectivity index (χ0n) is 10.9. The van der Waals surface area contributed by atoms with Gasteiger partial charge in [-0.1, -0.05) is 46.3 Å². The van der Waals surface area contributed by atoms with Crippen LogP contribution in [0.25, 0.3) is 10.9 Å². The van der Waals surface area contributed by atoms with Crippen LogP contribution in [0.5, 0.6) is 0 Å². The molecule has 100 valence electrons. The van der Waals surface area contributed by atoms with E-state index in [9.17, 15) is 5.11 Å². The van der Waals surface area contributed by atoms with E-state index in [-0.39, 0.29) is 0 Å². The molecule has 1 atom stereocenters. The Morgan fingerprint density at radius 3 is 2.50 bits per heavy atom. The molecule has 0 amide bonds. The number of hydrogen-bond donors (Lipinski definition) is 1. The van der Waals surface area contributed by atoms with E-state index >= 15 is 0 Å². The van der Waals surface area contributed by atoms with Gasteiger partial charge in [-0.25, -0.2) is 9.97 Å². The second-order valence-electron chi connectivity index (χ2n) is 4.83. The van der Waals surface area contributed by atoms with Gasteiger partial charge in [0.15, 0.2) is 5.82 Å². The van der Waals surface area contributed by atoms with Gasteiger partial charge >= 0.3 is 0 Å². The second kappa shape index (κ2) is 4.96. The third-order valence-corrected chi connectivity index (χ3v) is 3.86. The first-order chi connectivity index (χ1) is 9.57. The molecule has 3 aromatic rings. The molecule has 1 N–H and O–H groups in total. The zero-order chi connectivity index (χ0) is 14.2. The summed E-state index contributed by atoms with van der Waals surface area (Å²) in [5.41, 5.74) is 0.371. The number of aromatic nitrogens is 2. The van der Waals surface area contributed by atoms with Crippen molar-refractivity contribution in [1.29, 1.82) is 0 Å². The Hall–Kier alpha value is -1.78. The van der Waals surface area contributed by atoms with E-state index in [1.165, 1.54) is 0 Å². The van der Waals surface area contributed by atoms with Crippen molar-refractivity contribution < 1.29 is 5.11 Å². The van der Waals surface area contributed by atoms with Crippen molar-refractivity contribution in [3.63, 3.8) is 0 Å². The third kappa shape index (κ3) is 2.32. The highest BCUT2D eigenvalue weighted by molar-refractivity contribution is 9.10. The molecule has 1 aromatic heterocycles. The lowest BCUT2D eigenvalue weighted by Gasteiger charge is -2.22. The summed E-state index contributed by atoms with van der Waals surface area (Å²) in [6.45, 7) is 1.71. The highest BCUT2D eigenvalue weighted by Gasteiger charge is 2.28. The maximum Gasteiger partial charge on any atom is 0.165 e. The average molecular weight is 329 g/mol. The summed E-state index contributed by atoms with van der Waals surface area (Å²) in [5.74, 6) is 0.401. The van der Waals surface area contributed by atoms with Gasteiger partial charge in [-0.05, 0) is 30.7 Å². The molecule has 1 heterocycles. The minimum absolute atomic E-state index is 0.401. The maximum atomic E-state index is 10.8. The highest BCUT2D eigenvalue weighted by Crippen LogP contribution is 2.28. The van der Waals surface area contributed by atoms with Crippen LogP contribution in [0, 0.1) is 0 Å². The molecule has 3 rings (SSSR count). The first-order valence-corrected chi connectivity index (χ1v) is 7.07. The zero-order valence-corrected chi connectivity index (χ0v) is 12.5. The molecular weight excluding hydrogens is 316 g/mol. The highest BCUT2D eigenvalue weighted by atomic mass is 79.9. The largest absolute Gasteiger partial charge is 0.377 e. The van der Waals surface area contributed by atoms with Crippen LogP contribution in [0.4, 0.5) is 0 Å². The fourth-order valence-corrected chi connectivity index (χ4v) is 2.37. The first kappa shape index (κ1) is 13.2. The van der Waals surface area contributed by atoms with Crippen LogP contribution in [-0.2, 0) is 5.60 Å². The van der Waals surface area contributed by atoms with E-state index in [4.69, 9.17) is 0 Å². The van der Waals surface area contributed by atoms with Gasteiger partial charge in [0.1, 0.15) is 5.60 Å². The Labute approximate surface area is 125 Å². The molecule has 0 aliphatic rings. The summed E-state index contributed by atoms with van der Waals surface area (Å²) in [5, 5.41) is 11.7. The molecule has 0 aliphatic carbocycles. The maximum absolute atomic E-state index is 10.8. The van der Waals surface area contributed by atoms with Crippen LogP contribution >= 0.6 is 15.9 Å². The van der Waals surface area contributed by atoms with Crippen molar-refractivity contribution in [2.45, 2.75) is 12.5 Å². The lowest BCUT2D eigenvalue weighted by molar-refractivity contribution is 0.0926. The SMILES string of the molecule is CC(O)(c1ccc(Br)cc1)c1ncc2ccccc2n1. The molecule has 3 nitrogen and oxygen atoms in total. The monoisotopic (exact) mass is 328 g/mol. The van der Waals surface area contributed by atoms with E-state index in [1.54, 1.807) is 13.1 Å². The standard InChI is InChI=1S/C16H13BrN2O/c1-16(20,12-6-8-13(17)9-7-12)15-18-10-11-4-2-3-5-14(11)19-15/h2-10,20H,1H3. The average Bonchev–Trinajstić information content (AvgIpc) is 2.47. The number of benzene rings is 2. The molecule has 4 heteroatoms. The quantitative estimate of drug-likeness (QED) is 0.781. The Morgan fingerprint density at radius 2 is 1.75 bits per heavy atom. The van der Waals surface area contributed by atoms with Crippen molar-refractivity contribution in [2.24, 2.45) is 0 Å². The second-order valence-corrected chi connectivity index (χ2v) is 5.75. The third-order valence-electron chi connectivity index (χ3n) is 3.33. The van der Waals surface area contributed by atoms with Crippen LogP contribution in [-0.4, -0.2) is 15.1 Å². The van der Waals surface area contributed by atoms with Crippen LogP contribution in [0.15, 0.2) is 59.2 Å². The number of para-hydroxylation sites is 1. The Balaban J connectivity index is 2.10. The Morgan fingerprint density at radius 1 is 1.05 bits per heavy atom. The molecular formula is C16H13BrN2O. The van der Waals surface area contributed by atoms with Gasteiger partial charge in [-0.2, -0.15) is 0 Å². The molecule has 0 saturated carbocycles. The molecule has 0 bridgehead atoms. The summed E-state index contributed by atoms with van der Waals surface area (Å²) in [4.78, 5) is 8.78. The van der Waals surface area contributed by atoms with Gasteiger partial charge in [-0.15, -0.1) is 0 Å². The molecule has 0 spiro atoms. The van der Waals surface area contributed by atoms with Gasteiger partial charge in [0.25, 0.3) is 0 Å². The van der Waals surface area contributed by atoms with Gasteiger partial charge in [0.2, 0.25) is 0 Å². The van der Waals surface area contributed by atoms with E-state index in [0.29, 0.717) is 5.82 Å². The fraction of sp³-hybridized carbons (Fsp3) is 0.125. The summed E-state index contributed by atoms with van der Waals surface area (Å²) in [6.07, 6.45) is 1.74. The van der Waals surface area contributed by atoms with Crippen LogP contribution in [0.1, 0.15) is 18.3 Å². The number of hydrogen-bond acceptors (Lipinski definition) is 3. The normalized spacial score (nSPS) is 14.2. The van der Waals surface area contributed by atoms with E-state index in [2.05, 4.69) is 25.9 Å². The summed E-state index contributed by atoms with van der Waals surface area (Å²) >= 11 is 3.39. The summed E-state index contributed by atoms with van der Waals surface area (Å²) in [6, 6.07) is 15.2. The number of aliphatic hydroxyl groups is 1. The van der Waals surface area contributed by atoms with Crippen LogP contribution in [0.2, 0.25) is 0 Å². The minimum Gasteiger partial charge on any atom is -0.377 e. The number of halogens is 1. The van der Waals surface area contributed by atoms with Gasteiger partial charge < -0.3 is 5.11 Å². The molecule has 0 fully saturated rings. The molecule has 0 radical (unpaired) electrons. The fourth-order valence-electron chi connectivity index (χ4n) is 2.11. The van der Waals surface area contributed by atoms with Crippen molar-refractivity contribution in [3.8, 4) is 0 Å². The van der Waals surface area contributed by atoms with E-state index < -0.39 is 5.60 Å². The van der Waals surface area contributed by atoms with Crippen LogP contribution < -0.4 is 0 Å². The topological polar surface area (TPSA) is 46.0 Å². The van der Waals surface area contributed by atoms with Crippen molar-refractivity contribution >= 4 is 26.8 Å². The molecule has 0 aliphatic heterocycles. The molecule has 1 unspecified atom stereocenters. The predicted molar refractivity (Wildman–Crippen MR) is 82.4 cm³/mol. The molecule has 2 aromatic carbocycles. The predicted octanol–water partition coefficient (Wildman–Crippen LogP) is 3.65. The van der Waals surface area contributed by atoms with Gasteiger partial charge in [0, 0.05) is 16.1 Å². The van der Waals surface area contributed by atoms with Crippen molar-refractivity contribution in [3.05, 3.63) is 70.6 Å². The minimum atomic E-state index is -1.22. The van der Waals surface area contributed by atoms with Gasteiger partial charge in [0.05, 0.1) is 5.52 Å². The number of nitrogens with zero attached hydrogens (tertiary/aromatic N) is 2.